The van der Waals surface area contributed by atoms with E-state index in [0.29, 0.717) is 23.6 Å². The van der Waals surface area contributed by atoms with Crippen LogP contribution in [-0.2, 0) is 11.3 Å². The molecule has 0 unspecified atom stereocenters. The van der Waals surface area contributed by atoms with Gasteiger partial charge < -0.3 is 9.64 Å². The van der Waals surface area contributed by atoms with Gasteiger partial charge in [0.05, 0.1) is 0 Å². The third-order valence-electron chi connectivity index (χ3n) is 2.38. The number of ether oxygens (including phenoxy) is 1. The molecule has 0 aromatic carbocycles. The molecule has 0 N–H and O–H groups in total. The Balaban J connectivity index is 3.00. The van der Waals surface area contributed by atoms with E-state index in [2.05, 4.69) is 35.6 Å². The van der Waals surface area contributed by atoms with Gasteiger partial charge >= 0.3 is 0 Å². The van der Waals surface area contributed by atoms with Crippen LogP contribution in [0.15, 0.2) is 6.07 Å². The van der Waals surface area contributed by atoms with E-state index in [-0.39, 0.29) is 0 Å². The average Bonchev–Trinajstić information content (AvgIpc) is 2.25. The largest absolute Gasteiger partial charge is 0.377 e. The molecule has 0 spiro atoms. The summed E-state index contributed by atoms with van der Waals surface area (Å²) in [5.74, 6) is 1.49. The molecule has 0 atom stereocenters. The molecule has 1 aromatic heterocycles. The quantitative estimate of drug-likeness (QED) is 0.735. The van der Waals surface area contributed by atoms with Crippen LogP contribution >= 0.6 is 11.6 Å². The van der Waals surface area contributed by atoms with Gasteiger partial charge in [0.2, 0.25) is 0 Å². The van der Waals surface area contributed by atoms with Crippen molar-refractivity contribution in [3.8, 4) is 0 Å². The Morgan fingerprint density at radius 1 is 1.41 bits per heavy atom. The second kappa shape index (κ2) is 6.77. The number of halogens is 1. The minimum absolute atomic E-state index is 0.381. The third kappa shape index (κ3) is 4.13. The van der Waals surface area contributed by atoms with Gasteiger partial charge in [-0.2, -0.15) is 0 Å². The van der Waals surface area contributed by atoms with Crippen LogP contribution in [0.2, 0.25) is 5.15 Å². The number of nitrogens with zero attached hydrogens (tertiary/aromatic N) is 3. The molecule has 96 valence electrons. The summed E-state index contributed by atoms with van der Waals surface area (Å²) < 4.78 is 5.04. The van der Waals surface area contributed by atoms with Crippen molar-refractivity contribution >= 4 is 17.4 Å². The molecule has 0 aliphatic heterocycles. The minimum atomic E-state index is 0.381. The van der Waals surface area contributed by atoms with E-state index >= 15 is 0 Å². The maximum Gasteiger partial charge on any atom is 0.158 e. The molecule has 0 bridgehead atoms. The van der Waals surface area contributed by atoms with E-state index in [1.54, 1.807) is 13.2 Å². The maximum atomic E-state index is 6.00. The summed E-state index contributed by atoms with van der Waals surface area (Å²) in [4.78, 5) is 10.8. The Bertz CT molecular complexity index is 358. The van der Waals surface area contributed by atoms with Crippen LogP contribution in [0, 0.1) is 0 Å². The fraction of sp³-hybridized carbons (Fsp3) is 0.667. The standard InChI is InChI=1S/C12H20ClN3O/c1-5-6-16(9(2)3)12-7-10(13)14-11(15-12)8-17-4/h7,9H,5-6,8H2,1-4H3. The normalized spacial score (nSPS) is 10.9. The summed E-state index contributed by atoms with van der Waals surface area (Å²) in [5.41, 5.74) is 0. The van der Waals surface area contributed by atoms with Gasteiger partial charge in [-0.1, -0.05) is 18.5 Å². The van der Waals surface area contributed by atoms with Crippen LogP contribution in [0.5, 0.6) is 0 Å². The Morgan fingerprint density at radius 2 is 2.12 bits per heavy atom. The SMILES string of the molecule is CCCN(c1cc(Cl)nc(COC)n1)C(C)C. The van der Waals surface area contributed by atoms with Crippen molar-refractivity contribution in [1.29, 1.82) is 0 Å². The van der Waals surface area contributed by atoms with Crippen molar-refractivity contribution in [2.75, 3.05) is 18.6 Å². The number of anilines is 1. The van der Waals surface area contributed by atoms with Crippen molar-refractivity contribution < 1.29 is 4.74 Å². The molecular weight excluding hydrogens is 238 g/mol. The minimum Gasteiger partial charge on any atom is -0.377 e. The first-order chi connectivity index (χ1) is 8.08. The molecule has 1 heterocycles. The zero-order chi connectivity index (χ0) is 12.8. The summed E-state index contributed by atoms with van der Waals surface area (Å²) >= 11 is 6.00. The third-order valence-corrected chi connectivity index (χ3v) is 2.58. The van der Waals surface area contributed by atoms with Gasteiger partial charge in [0.1, 0.15) is 17.6 Å². The lowest BCUT2D eigenvalue weighted by Gasteiger charge is -2.27. The van der Waals surface area contributed by atoms with Crippen LogP contribution in [-0.4, -0.2) is 29.7 Å². The summed E-state index contributed by atoms with van der Waals surface area (Å²) in [6.45, 7) is 7.76. The molecule has 0 saturated heterocycles. The highest BCUT2D eigenvalue weighted by molar-refractivity contribution is 6.29. The number of rotatable bonds is 6. The molecule has 0 radical (unpaired) electrons. The maximum absolute atomic E-state index is 6.00. The van der Waals surface area contributed by atoms with Crippen LogP contribution in [0.3, 0.4) is 0 Å². The van der Waals surface area contributed by atoms with Gasteiger partial charge in [-0.3, -0.25) is 0 Å². The first kappa shape index (κ1) is 14.2. The molecular formula is C12H20ClN3O. The zero-order valence-corrected chi connectivity index (χ0v) is 11.7. The van der Waals surface area contributed by atoms with E-state index < -0.39 is 0 Å². The van der Waals surface area contributed by atoms with Gasteiger partial charge in [-0.15, -0.1) is 0 Å². The van der Waals surface area contributed by atoms with Crippen LogP contribution < -0.4 is 4.90 Å². The number of hydrogen-bond acceptors (Lipinski definition) is 4. The van der Waals surface area contributed by atoms with Crippen molar-refractivity contribution in [3.05, 3.63) is 17.0 Å². The number of methoxy groups -OCH3 is 1. The predicted octanol–water partition coefficient (Wildman–Crippen LogP) is 2.90. The first-order valence-corrected chi connectivity index (χ1v) is 6.25. The molecule has 1 aromatic rings. The van der Waals surface area contributed by atoms with Crippen LogP contribution in [0.25, 0.3) is 0 Å². The molecule has 0 saturated carbocycles. The summed E-state index contributed by atoms with van der Waals surface area (Å²) in [7, 11) is 1.62. The van der Waals surface area contributed by atoms with Crippen LogP contribution in [0.1, 0.15) is 33.0 Å². The lowest BCUT2D eigenvalue weighted by molar-refractivity contribution is 0.178. The van der Waals surface area contributed by atoms with Gasteiger partial charge in [-0.25, -0.2) is 9.97 Å². The number of hydrogen-bond donors (Lipinski definition) is 0. The molecule has 0 fully saturated rings. The summed E-state index contributed by atoms with van der Waals surface area (Å²) in [6.07, 6.45) is 1.07. The van der Waals surface area contributed by atoms with Gasteiger partial charge in [0, 0.05) is 25.8 Å². The Morgan fingerprint density at radius 3 is 2.65 bits per heavy atom. The fourth-order valence-electron chi connectivity index (χ4n) is 1.67. The predicted molar refractivity (Wildman–Crippen MR) is 70.5 cm³/mol. The lowest BCUT2D eigenvalue weighted by atomic mass is 10.3. The molecule has 0 aliphatic carbocycles. The van der Waals surface area contributed by atoms with E-state index in [1.165, 1.54) is 0 Å². The highest BCUT2D eigenvalue weighted by Crippen LogP contribution is 2.19. The highest BCUT2D eigenvalue weighted by atomic mass is 35.5. The lowest BCUT2D eigenvalue weighted by Crippen LogP contribution is -2.32. The van der Waals surface area contributed by atoms with Crippen LogP contribution in [0.4, 0.5) is 5.82 Å². The van der Waals surface area contributed by atoms with E-state index in [1.807, 2.05) is 0 Å². The topological polar surface area (TPSA) is 38.2 Å². The van der Waals surface area contributed by atoms with E-state index in [4.69, 9.17) is 16.3 Å². The molecule has 1 rings (SSSR count). The van der Waals surface area contributed by atoms with Crippen molar-refractivity contribution in [2.45, 2.75) is 39.8 Å². The van der Waals surface area contributed by atoms with Crippen molar-refractivity contribution in [3.63, 3.8) is 0 Å². The molecule has 0 amide bonds. The van der Waals surface area contributed by atoms with Gasteiger partial charge in [-0.05, 0) is 20.3 Å². The molecule has 0 aliphatic rings. The monoisotopic (exact) mass is 257 g/mol. The molecule has 17 heavy (non-hydrogen) atoms. The van der Waals surface area contributed by atoms with Crippen molar-refractivity contribution in [2.24, 2.45) is 0 Å². The van der Waals surface area contributed by atoms with Gasteiger partial charge in [0.15, 0.2) is 5.82 Å². The highest BCUT2D eigenvalue weighted by Gasteiger charge is 2.13. The zero-order valence-electron chi connectivity index (χ0n) is 10.9. The summed E-state index contributed by atoms with van der Waals surface area (Å²) in [5, 5.41) is 0.462. The van der Waals surface area contributed by atoms with E-state index in [9.17, 15) is 0 Å². The molecule has 5 heteroatoms. The second-order valence-corrected chi connectivity index (χ2v) is 4.57. The van der Waals surface area contributed by atoms with E-state index in [0.717, 1.165) is 18.8 Å². The smallest absolute Gasteiger partial charge is 0.158 e. The summed E-state index contributed by atoms with van der Waals surface area (Å²) in [6, 6.07) is 2.19. The number of aromatic nitrogens is 2. The van der Waals surface area contributed by atoms with Crippen molar-refractivity contribution in [1.82, 2.24) is 9.97 Å². The first-order valence-electron chi connectivity index (χ1n) is 5.87. The Labute approximate surface area is 108 Å². The second-order valence-electron chi connectivity index (χ2n) is 4.19. The van der Waals surface area contributed by atoms with Gasteiger partial charge in [0.25, 0.3) is 0 Å². The average molecular weight is 258 g/mol. The molecule has 4 nitrogen and oxygen atoms in total. The fourth-order valence-corrected chi connectivity index (χ4v) is 1.87. The Hall–Kier alpha value is -0.870. The Kier molecular flexibility index (Phi) is 5.65.